The maximum absolute atomic E-state index is 9.52. The zero-order chi connectivity index (χ0) is 12.6. The van der Waals surface area contributed by atoms with Crippen molar-refractivity contribution in [2.75, 3.05) is 0 Å². The van der Waals surface area contributed by atoms with Crippen molar-refractivity contribution >= 4 is 10.9 Å². The highest BCUT2D eigenvalue weighted by Gasteiger charge is 2.30. The van der Waals surface area contributed by atoms with E-state index in [2.05, 4.69) is 4.98 Å². The number of aromatic hydroxyl groups is 1. The number of benzene rings is 1. The molecule has 1 aliphatic carbocycles. The second-order valence-corrected chi connectivity index (χ2v) is 5.29. The van der Waals surface area contributed by atoms with Crippen molar-refractivity contribution in [3.8, 4) is 5.75 Å². The third kappa shape index (κ3) is 1.95. The summed E-state index contributed by atoms with van der Waals surface area (Å²) < 4.78 is 0. The predicted octanol–water partition coefficient (Wildman–Crippen LogP) is 3.06. The van der Waals surface area contributed by atoms with Gasteiger partial charge >= 0.3 is 0 Å². The Morgan fingerprint density at radius 2 is 1.78 bits per heavy atom. The Hall–Kier alpha value is -1.61. The molecule has 3 heteroatoms. The van der Waals surface area contributed by atoms with E-state index in [1.165, 1.54) is 19.3 Å². The molecule has 0 spiro atoms. The summed E-state index contributed by atoms with van der Waals surface area (Å²) in [4.78, 5) is 4.65. The van der Waals surface area contributed by atoms with Crippen LogP contribution in [0.15, 0.2) is 30.3 Å². The number of rotatable bonds is 1. The Balaban J connectivity index is 2.06. The van der Waals surface area contributed by atoms with E-state index in [0.717, 1.165) is 29.4 Å². The summed E-state index contributed by atoms with van der Waals surface area (Å²) in [5, 5.41) is 10.6. The van der Waals surface area contributed by atoms with Gasteiger partial charge in [-0.15, -0.1) is 0 Å². The highest BCUT2D eigenvalue weighted by Crippen LogP contribution is 2.34. The number of fused-ring (bicyclic) bond motifs is 1. The molecule has 0 amide bonds. The van der Waals surface area contributed by atoms with Crippen LogP contribution in [0.5, 0.6) is 5.75 Å². The summed E-state index contributed by atoms with van der Waals surface area (Å²) in [5.41, 5.74) is 7.99. The van der Waals surface area contributed by atoms with Crippen LogP contribution in [-0.2, 0) is 5.54 Å². The van der Waals surface area contributed by atoms with Crippen LogP contribution < -0.4 is 5.73 Å². The van der Waals surface area contributed by atoms with Gasteiger partial charge in [-0.3, -0.25) is 4.98 Å². The van der Waals surface area contributed by atoms with E-state index in [1.54, 1.807) is 12.1 Å². The number of phenolic OH excluding ortho intramolecular Hbond substituents is 1. The van der Waals surface area contributed by atoms with Crippen molar-refractivity contribution in [3.05, 3.63) is 36.0 Å². The average molecular weight is 242 g/mol. The number of hydrogen-bond acceptors (Lipinski definition) is 3. The van der Waals surface area contributed by atoms with Gasteiger partial charge in [0.1, 0.15) is 5.75 Å². The van der Waals surface area contributed by atoms with E-state index in [1.807, 2.05) is 18.2 Å². The van der Waals surface area contributed by atoms with Crippen molar-refractivity contribution < 1.29 is 5.11 Å². The number of hydrogen-bond donors (Lipinski definition) is 2. The molecule has 1 aromatic carbocycles. The first-order valence-corrected chi connectivity index (χ1v) is 6.57. The monoisotopic (exact) mass is 242 g/mol. The summed E-state index contributed by atoms with van der Waals surface area (Å²) >= 11 is 0. The van der Waals surface area contributed by atoms with Crippen molar-refractivity contribution in [2.24, 2.45) is 5.73 Å². The minimum absolute atomic E-state index is 0.252. The Morgan fingerprint density at radius 1 is 1.06 bits per heavy atom. The highest BCUT2D eigenvalue weighted by atomic mass is 16.3. The molecular formula is C15H18N2O. The standard InChI is InChI=1S/C15H18N2O/c16-15(8-2-1-3-9-15)14-7-5-11-4-6-12(18)10-13(11)17-14/h4-7,10,18H,1-3,8-9,16H2. The smallest absolute Gasteiger partial charge is 0.117 e. The van der Waals surface area contributed by atoms with Crippen LogP contribution in [0.4, 0.5) is 0 Å². The van der Waals surface area contributed by atoms with Crippen molar-refractivity contribution in [1.29, 1.82) is 0 Å². The Bertz CT molecular complexity index is 574. The van der Waals surface area contributed by atoms with Crippen LogP contribution in [0.3, 0.4) is 0 Å². The molecule has 3 nitrogen and oxygen atoms in total. The lowest BCUT2D eigenvalue weighted by Crippen LogP contribution is -2.39. The Kier molecular flexibility index (Phi) is 2.71. The molecule has 0 aliphatic heterocycles. The minimum atomic E-state index is -0.280. The molecule has 2 aromatic rings. The molecule has 0 atom stereocenters. The number of phenols is 1. The first-order chi connectivity index (χ1) is 8.67. The molecule has 0 saturated heterocycles. The van der Waals surface area contributed by atoms with Gasteiger partial charge < -0.3 is 10.8 Å². The van der Waals surface area contributed by atoms with Gasteiger partial charge in [0.15, 0.2) is 0 Å². The van der Waals surface area contributed by atoms with Gasteiger partial charge in [0.2, 0.25) is 0 Å². The van der Waals surface area contributed by atoms with E-state index in [9.17, 15) is 5.11 Å². The maximum atomic E-state index is 9.52. The second kappa shape index (κ2) is 4.25. The molecular weight excluding hydrogens is 224 g/mol. The van der Waals surface area contributed by atoms with Crippen LogP contribution in [0.1, 0.15) is 37.8 Å². The third-order valence-electron chi connectivity index (χ3n) is 3.93. The lowest BCUT2D eigenvalue weighted by Gasteiger charge is -2.32. The zero-order valence-corrected chi connectivity index (χ0v) is 10.4. The average Bonchev–Trinajstić information content (AvgIpc) is 2.38. The van der Waals surface area contributed by atoms with Crippen molar-refractivity contribution in [2.45, 2.75) is 37.6 Å². The van der Waals surface area contributed by atoms with Gasteiger partial charge in [-0.25, -0.2) is 0 Å². The van der Waals surface area contributed by atoms with Crippen molar-refractivity contribution in [3.63, 3.8) is 0 Å². The SMILES string of the molecule is NC1(c2ccc3ccc(O)cc3n2)CCCCC1. The Morgan fingerprint density at radius 3 is 2.56 bits per heavy atom. The second-order valence-electron chi connectivity index (χ2n) is 5.29. The van der Waals surface area contributed by atoms with E-state index in [0.29, 0.717) is 0 Å². The first-order valence-electron chi connectivity index (χ1n) is 6.57. The number of pyridine rings is 1. The largest absolute Gasteiger partial charge is 0.508 e. The molecule has 1 aromatic heterocycles. The molecule has 1 fully saturated rings. The van der Waals surface area contributed by atoms with E-state index < -0.39 is 0 Å². The molecule has 3 N–H and O–H groups in total. The van der Waals surface area contributed by atoms with E-state index >= 15 is 0 Å². The van der Waals surface area contributed by atoms with E-state index in [4.69, 9.17) is 5.73 Å². The topological polar surface area (TPSA) is 59.1 Å². The summed E-state index contributed by atoms with van der Waals surface area (Å²) in [5.74, 6) is 0.252. The zero-order valence-electron chi connectivity index (χ0n) is 10.4. The van der Waals surface area contributed by atoms with E-state index in [-0.39, 0.29) is 11.3 Å². The van der Waals surface area contributed by atoms with Crippen LogP contribution in [-0.4, -0.2) is 10.1 Å². The summed E-state index contributed by atoms with van der Waals surface area (Å²) in [6, 6.07) is 9.34. The minimum Gasteiger partial charge on any atom is -0.508 e. The summed E-state index contributed by atoms with van der Waals surface area (Å²) in [6.45, 7) is 0. The number of nitrogens with two attached hydrogens (primary N) is 1. The summed E-state index contributed by atoms with van der Waals surface area (Å²) in [6.07, 6.45) is 5.63. The first kappa shape index (κ1) is 11.5. The molecule has 0 unspecified atom stereocenters. The molecule has 18 heavy (non-hydrogen) atoms. The molecule has 1 saturated carbocycles. The van der Waals surface area contributed by atoms with Gasteiger partial charge in [-0.1, -0.05) is 25.3 Å². The molecule has 1 aliphatic rings. The Labute approximate surface area is 107 Å². The van der Waals surface area contributed by atoms with Crippen molar-refractivity contribution in [1.82, 2.24) is 4.98 Å². The van der Waals surface area contributed by atoms with Gasteiger partial charge in [0.05, 0.1) is 16.7 Å². The van der Waals surface area contributed by atoms with Crippen LogP contribution in [0.25, 0.3) is 10.9 Å². The van der Waals surface area contributed by atoms with Gasteiger partial charge in [-0.2, -0.15) is 0 Å². The lowest BCUT2D eigenvalue weighted by molar-refractivity contribution is 0.296. The quantitative estimate of drug-likeness (QED) is 0.808. The molecule has 3 rings (SSSR count). The van der Waals surface area contributed by atoms with Crippen LogP contribution in [0.2, 0.25) is 0 Å². The van der Waals surface area contributed by atoms with Gasteiger partial charge in [0.25, 0.3) is 0 Å². The molecule has 0 bridgehead atoms. The van der Waals surface area contributed by atoms with Gasteiger partial charge in [-0.05, 0) is 31.0 Å². The third-order valence-corrected chi connectivity index (χ3v) is 3.93. The number of aromatic nitrogens is 1. The molecule has 0 radical (unpaired) electrons. The molecule has 1 heterocycles. The highest BCUT2D eigenvalue weighted by molar-refractivity contribution is 5.80. The normalized spacial score (nSPS) is 18.9. The van der Waals surface area contributed by atoms with Crippen LogP contribution >= 0.6 is 0 Å². The fraction of sp³-hybridized carbons (Fsp3) is 0.400. The van der Waals surface area contributed by atoms with Crippen LogP contribution in [0, 0.1) is 0 Å². The summed E-state index contributed by atoms with van der Waals surface area (Å²) in [7, 11) is 0. The van der Waals surface area contributed by atoms with Gasteiger partial charge in [0, 0.05) is 11.5 Å². The molecule has 94 valence electrons. The lowest BCUT2D eigenvalue weighted by atomic mass is 9.80. The fourth-order valence-electron chi connectivity index (χ4n) is 2.82. The fourth-order valence-corrected chi connectivity index (χ4v) is 2.82. The predicted molar refractivity (Wildman–Crippen MR) is 72.4 cm³/mol. The number of nitrogens with zero attached hydrogens (tertiary/aromatic N) is 1. The maximum Gasteiger partial charge on any atom is 0.117 e.